The number of ether oxygens (including phenoxy) is 1. The van der Waals surface area contributed by atoms with E-state index in [1.165, 1.54) is 0 Å². The van der Waals surface area contributed by atoms with Gasteiger partial charge in [0.2, 0.25) is 5.88 Å². The van der Waals surface area contributed by atoms with Crippen LogP contribution in [0.5, 0.6) is 5.88 Å². The van der Waals surface area contributed by atoms with Gasteiger partial charge in [-0.15, -0.1) is 0 Å². The van der Waals surface area contributed by atoms with Crippen molar-refractivity contribution in [2.45, 2.75) is 26.4 Å². The number of nitriles is 1. The van der Waals surface area contributed by atoms with Gasteiger partial charge in [-0.2, -0.15) is 5.26 Å². The minimum absolute atomic E-state index is 0.0378. The summed E-state index contributed by atoms with van der Waals surface area (Å²) in [4.78, 5) is 18.4. The molecule has 1 fully saturated rings. The Morgan fingerprint density at radius 1 is 1.48 bits per heavy atom. The summed E-state index contributed by atoms with van der Waals surface area (Å²) in [5.41, 5.74) is 1.11. The monoisotopic (exact) mass is 311 g/mol. The van der Waals surface area contributed by atoms with Crippen LogP contribution in [0.1, 0.15) is 33.9 Å². The first-order valence-electron chi connectivity index (χ1n) is 7.46. The molecule has 3 rings (SSSR count). The van der Waals surface area contributed by atoms with Crippen LogP contribution < -0.4 is 4.74 Å². The van der Waals surface area contributed by atoms with E-state index in [2.05, 4.69) is 11.1 Å². The van der Waals surface area contributed by atoms with Gasteiger partial charge in [0, 0.05) is 25.2 Å². The number of aromatic nitrogens is 1. The van der Waals surface area contributed by atoms with E-state index in [-0.39, 0.29) is 12.0 Å². The van der Waals surface area contributed by atoms with Gasteiger partial charge in [-0.05, 0) is 26.0 Å². The van der Waals surface area contributed by atoms with Gasteiger partial charge < -0.3 is 14.1 Å². The fraction of sp³-hybridized carbons (Fsp3) is 0.353. The lowest BCUT2D eigenvalue weighted by atomic mass is 10.2. The molecule has 1 unspecified atom stereocenters. The number of furan rings is 1. The third-order valence-electron chi connectivity index (χ3n) is 3.85. The molecule has 23 heavy (non-hydrogen) atoms. The SMILES string of the molecule is Cc1cc(C(=O)N2CCC(Oc3cc(C#N)ccn3)C2)c(C)o1. The smallest absolute Gasteiger partial charge is 0.257 e. The summed E-state index contributed by atoms with van der Waals surface area (Å²) >= 11 is 0. The number of pyridine rings is 1. The highest BCUT2D eigenvalue weighted by Crippen LogP contribution is 2.21. The molecule has 0 bridgehead atoms. The highest BCUT2D eigenvalue weighted by atomic mass is 16.5. The number of carbonyl (C=O) groups excluding carboxylic acids is 1. The molecule has 1 atom stereocenters. The Balaban J connectivity index is 1.65. The van der Waals surface area contributed by atoms with E-state index < -0.39 is 0 Å². The number of nitrogens with zero attached hydrogens (tertiary/aromatic N) is 3. The maximum absolute atomic E-state index is 12.5. The molecule has 1 saturated heterocycles. The molecule has 0 aliphatic carbocycles. The largest absolute Gasteiger partial charge is 0.472 e. The highest BCUT2D eigenvalue weighted by molar-refractivity contribution is 5.95. The summed E-state index contributed by atoms with van der Waals surface area (Å²) in [5, 5.41) is 8.90. The zero-order valence-electron chi connectivity index (χ0n) is 13.1. The van der Waals surface area contributed by atoms with Crippen molar-refractivity contribution in [3.63, 3.8) is 0 Å². The Hall–Kier alpha value is -2.81. The number of amides is 1. The second-order valence-electron chi connectivity index (χ2n) is 5.60. The highest BCUT2D eigenvalue weighted by Gasteiger charge is 2.30. The summed E-state index contributed by atoms with van der Waals surface area (Å²) in [6, 6.07) is 7.05. The standard InChI is InChI=1S/C17H17N3O3/c1-11-7-15(12(2)22-11)17(21)20-6-4-14(10-20)23-16-8-13(9-18)3-5-19-16/h3,5,7-8,14H,4,6,10H2,1-2H3. The van der Waals surface area contributed by atoms with Crippen LogP contribution in [-0.2, 0) is 0 Å². The molecule has 3 heterocycles. The lowest BCUT2D eigenvalue weighted by Gasteiger charge is -2.16. The van der Waals surface area contributed by atoms with Crippen molar-refractivity contribution < 1.29 is 13.9 Å². The molecule has 0 radical (unpaired) electrons. The molecular weight excluding hydrogens is 294 g/mol. The predicted octanol–water partition coefficient (Wildman–Crippen LogP) is 2.46. The van der Waals surface area contributed by atoms with Crippen LogP contribution in [0.25, 0.3) is 0 Å². The summed E-state index contributed by atoms with van der Waals surface area (Å²) in [6.45, 7) is 4.75. The first-order valence-corrected chi connectivity index (χ1v) is 7.46. The first-order chi connectivity index (χ1) is 11.1. The van der Waals surface area contributed by atoms with Crippen molar-refractivity contribution in [1.82, 2.24) is 9.88 Å². The van der Waals surface area contributed by atoms with Crippen molar-refractivity contribution in [3.8, 4) is 11.9 Å². The fourth-order valence-corrected chi connectivity index (χ4v) is 2.74. The molecule has 0 N–H and O–H groups in total. The molecule has 118 valence electrons. The average Bonchev–Trinajstić information content (AvgIpc) is 3.13. The van der Waals surface area contributed by atoms with Crippen LogP contribution in [0.2, 0.25) is 0 Å². The van der Waals surface area contributed by atoms with E-state index in [0.29, 0.717) is 35.9 Å². The zero-order valence-corrected chi connectivity index (χ0v) is 13.1. The lowest BCUT2D eigenvalue weighted by Crippen LogP contribution is -2.31. The minimum Gasteiger partial charge on any atom is -0.472 e. The van der Waals surface area contributed by atoms with Crippen molar-refractivity contribution in [1.29, 1.82) is 5.26 Å². The lowest BCUT2D eigenvalue weighted by molar-refractivity contribution is 0.0769. The molecule has 2 aromatic rings. The third kappa shape index (κ3) is 3.19. The Kier molecular flexibility index (Phi) is 4.02. The molecule has 1 aliphatic rings. The number of hydrogen-bond donors (Lipinski definition) is 0. The van der Waals surface area contributed by atoms with Crippen LogP contribution >= 0.6 is 0 Å². The second-order valence-corrected chi connectivity index (χ2v) is 5.60. The van der Waals surface area contributed by atoms with Gasteiger partial charge in [-0.1, -0.05) is 0 Å². The van der Waals surface area contributed by atoms with E-state index in [1.807, 2.05) is 6.92 Å². The van der Waals surface area contributed by atoms with Gasteiger partial charge in [0.1, 0.15) is 17.6 Å². The fourth-order valence-electron chi connectivity index (χ4n) is 2.74. The summed E-state index contributed by atoms with van der Waals surface area (Å²) in [6.07, 6.45) is 2.16. The Labute approximate surface area is 134 Å². The van der Waals surface area contributed by atoms with E-state index >= 15 is 0 Å². The molecule has 6 nitrogen and oxygen atoms in total. The van der Waals surface area contributed by atoms with E-state index in [9.17, 15) is 4.79 Å². The van der Waals surface area contributed by atoms with Crippen molar-refractivity contribution in [2.24, 2.45) is 0 Å². The molecule has 1 amide bonds. The maximum atomic E-state index is 12.5. The number of likely N-dealkylation sites (tertiary alicyclic amines) is 1. The average molecular weight is 311 g/mol. The van der Waals surface area contributed by atoms with Gasteiger partial charge in [0.25, 0.3) is 5.91 Å². The number of carbonyl (C=O) groups is 1. The second kappa shape index (κ2) is 6.13. The minimum atomic E-state index is -0.117. The van der Waals surface area contributed by atoms with Gasteiger partial charge in [0.05, 0.1) is 23.7 Å². The molecular formula is C17H17N3O3. The van der Waals surface area contributed by atoms with Gasteiger partial charge >= 0.3 is 0 Å². The summed E-state index contributed by atoms with van der Waals surface area (Å²) in [5.74, 6) is 1.75. The zero-order chi connectivity index (χ0) is 16.4. The Morgan fingerprint density at radius 2 is 2.30 bits per heavy atom. The molecule has 0 spiro atoms. The van der Waals surface area contributed by atoms with Crippen molar-refractivity contribution in [3.05, 3.63) is 47.0 Å². The van der Waals surface area contributed by atoms with Crippen LogP contribution in [0.4, 0.5) is 0 Å². The molecule has 2 aromatic heterocycles. The molecule has 1 aliphatic heterocycles. The topological polar surface area (TPSA) is 79.4 Å². The normalized spacial score (nSPS) is 17.1. The quantitative estimate of drug-likeness (QED) is 0.870. The maximum Gasteiger partial charge on any atom is 0.257 e. The van der Waals surface area contributed by atoms with Crippen LogP contribution in [0.15, 0.2) is 28.8 Å². The van der Waals surface area contributed by atoms with E-state index in [1.54, 1.807) is 36.2 Å². The summed E-state index contributed by atoms with van der Waals surface area (Å²) in [7, 11) is 0. The van der Waals surface area contributed by atoms with Crippen molar-refractivity contribution >= 4 is 5.91 Å². The van der Waals surface area contributed by atoms with Gasteiger partial charge in [-0.25, -0.2) is 4.98 Å². The molecule has 6 heteroatoms. The van der Waals surface area contributed by atoms with Crippen LogP contribution in [0, 0.1) is 25.2 Å². The van der Waals surface area contributed by atoms with Crippen molar-refractivity contribution in [2.75, 3.05) is 13.1 Å². The predicted molar refractivity (Wildman–Crippen MR) is 82.1 cm³/mol. The van der Waals surface area contributed by atoms with E-state index in [0.717, 1.165) is 12.2 Å². The number of hydrogen-bond acceptors (Lipinski definition) is 5. The first kappa shape index (κ1) is 15.1. The van der Waals surface area contributed by atoms with Gasteiger partial charge in [-0.3, -0.25) is 4.79 Å². The third-order valence-corrected chi connectivity index (χ3v) is 3.85. The number of rotatable bonds is 3. The van der Waals surface area contributed by atoms with Crippen LogP contribution in [0.3, 0.4) is 0 Å². The van der Waals surface area contributed by atoms with Gasteiger partial charge in [0.15, 0.2) is 0 Å². The molecule has 0 saturated carbocycles. The molecule has 0 aromatic carbocycles. The van der Waals surface area contributed by atoms with Crippen LogP contribution in [-0.4, -0.2) is 35.0 Å². The van der Waals surface area contributed by atoms with E-state index in [4.69, 9.17) is 14.4 Å². The Morgan fingerprint density at radius 3 is 3.00 bits per heavy atom. The summed E-state index contributed by atoms with van der Waals surface area (Å²) < 4.78 is 11.2. The number of aryl methyl sites for hydroxylation is 2. The Bertz CT molecular complexity index is 776.